The Hall–Kier alpha value is -1.78. The normalized spacial score (nSPS) is 11.0. The van der Waals surface area contributed by atoms with E-state index in [0.29, 0.717) is 13.1 Å². The smallest absolute Gasteiger partial charge is 0.256 e. The molecular formula is C17H17ClN2OS. The second-order valence-corrected chi connectivity index (χ2v) is 7.00. The number of para-hydroxylation sites is 1. The summed E-state index contributed by atoms with van der Waals surface area (Å²) in [4.78, 5) is 19.2. The molecule has 0 aliphatic heterocycles. The third-order valence-corrected chi connectivity index (χ3v) is 4.97. The molecule has 0 fully saturated rings. The van der Waals surface area contributed by atoms with Crippen LogP contribution in [0.5, 0.6) is 0 Å². The quantitative estimate of drug-likeness (QED) is 0.728. The van der Waals surface area contributed by atoms with Crippen LogP contribution in [0.1, 0.15) is 27.9 Å². The average molecular weight is 333 g/mol. The highest BCUT2D eigenvalue weighted by Gasteiger charge is 2.21. The van der Waals surface area contributed by atoms with E-state index in [9.17, 15) is 4.79 Å². The minimum atomic E-state index is 0.0574. The second kappa shape index (κ2) is 6.15. The number of carbonyl (C=O) groups excluding carboxylic acids is 1. The van der Waals surface area contributed by atoms with Crippen LogP contribution >= 0.6 is 22.9 Å². The summed E-state index contributed by atoms with van der Waals surface area (Å²) in [5.74, 6) is 0.0574. The van der Waals surface area contributed by atoms with Gasteiger partial charge in [0.2, 0.25) is 0 Å². The molecule has 1 aromatic carbocycles. The number of nitrogens with zero attached hydrogens (tertiary/aromatic N) is 1. The molecule has 3 rings (SSSR count). The van der Waals surface area contributed by atoms with E-state index in [-0.39, 0.29) is 5.91 Å². The van der Waals surface area contributed by atoms with Gasteiger partial charge in [0.1, 0.15) is 0 Å². The molecule has 2 heterocycles. The van der Waals surface area contributed by atoms with E-state index in [1.54, 1.807) is 0 Å². The number of hydrogen-bond acceptors (Lipinski definition) is 2. The lowest BCUT2D eigenvalue weighted by Crippen LogP contribution is -2.30. The van der Waals surface area contributed by atoms with Crippen molar-refractivity contribution in [3.63, 3.8) is 0 Å². The second-order valence-electron chi connectivity index (χ2n) is 5.20. The van der Waals surface area contributed by atoms with Crippen molar-refractivity contribution in [1.82, 2.24) is 9.88 Å². The summed E-state index contributed by atoms with van der Waals surface area (Å²) in [7, 11) is 0. The lowest BCUT2D eigenvalue weighted by Gasteiger charge is -2.20. The van der Waals surface area contributed by atoms with Gasteiger partial charge in [0.15, 0.2) is 0 Å². The number of aryl methyl sites for hydroxylation is 1. The molecule has 0 aliphatic carbocycles. The molecule has 0 bridgehead atoms. The molecule has 0 spiro atoms. The van der Waals surface area contributed by atoms with Crippen LogP contribution in [-0.2, 0) is 6.54 Å². The molecule has 0 atom stereocenters. The number of amides is 1. The van der Waals surface area contributed by atoms with Crippen molar-refractivity contribution in [1.29, 1.82) is 0 Å². The van der Waals surface area contributed by atoms with E-state index >= 15 is 0 Å². The molecule has 0 unspecified atom stereocenters. The summed E-state index contributed by atoms with van der Waals surface area (Å²) in [6.45, 7) is 5.19. The first kappa shape index (κ1) is 15.1. The topological polar surface area (TPSA) is 36.1 Å². The number of halogens is 1. The Labute approximate surface area is 138 Å². The number of nitrogens with one attached hydrogen (secondary N) is 1. The summed E-state index contributed by atoms with van der Waals surface area (Å²) >= 11 is 7.50. The van der Waals surface area contributed by atoms with Gasteiger partial charge in [0, 0.05) is 28.0 Å². The summed E-state index contributed by atoms with van der Waals surface area (Å²) in [5, 5.41) is 0.979. The van der Waals surface area contributed by atoms with Gasteiger partial charge < -0.3 is 9.88 Å². The fourth-order valence-corrected chi connectivity index (χ4v) is 3.77. The van der Waals surface area contributed by atoms with E-state index < -0.39 is 0 Å². The third kappa shape index (κ3) is 2.76. The molecule has 114 valence electrons. The van der Waals surface area contributed by atoms with Crippen LogP contribution in [0, 0.1) is 6.92 Å². The molecule has 3 aromatic rings. The molecule has 0 saturated heterocycles. The third-order valence-electron chi connectivity index (χ3n) is 3.75. The largest absolute Gasteiger partial charge is 0.358 e. The minimum absolute atomic E-state index is 0.0574. The molecule has 0 aliphatic rings. The maximum Gasteiger partial charge on any atom is 0.256 e. The Morgan fingerprint density at radius 3 is 2.73 bits per heavy atom. The molecule has 5 heteroatoms. The Kier molecular flexibility index (Phi) is 4.23. The van der Waals surface area contributed by atoms with Gasteiger partial charge in [0.25, 0.3) is 5.91 Å². The van der Waals surface area contributed by atoms with Crippen LogP contribution < -0.4 is 0 Å². The standard InChI is InChI=1S/C17H17ClN2OS/c1-3-20(10-12-8-9-15(18)22-12)17(21)16-11(2)19-14-7-5-4-6-13(14)16/h4-9,19H,3,10H2,1-2H3. The van der Waals surface area contributed by atoms with Gasteiger partial charge in [-0.05, 0) is 32.0 Å². The van der Waals surface area contributed by atoms with Gasteiger partial charge in [-0.25, -0.2) is 0 Å². The number of benzene rings is 1. The Balaban J connectivity index is 1.94. The summed E-state index contributed by atoms with van der Waals surface area (Å²) in [6, 6.07) is 11.8. The van der Waals surface area contributed by atoms with Crippen LogP contribution in [-0.4, -0.2) is 22.3 Å². The first-order valence-electron chi connectivity index (χ1n) is 7.21. The number of carbonyl (C=O) groups is 1. The summed E-state index contributed by atoms with van der Waals surface area (Å²) in [5.41, 5.74) is 2.67. The van der Waals surface area contributed by atoms with Crippen LogP contribution in [0.2, 0.25) is 4.34 Å². The van der Waals surface area contributed by atoms with Gasteiger partial charge in [-0.2, -0.15) is 0 Å². The number of aromatic amines is 1. The van der Waals surface area contributed by atoms with Crippen molar-refractivity contribution in [2.24, 2.45) is 0 Å². The van der Waals surface area contributed by atoms with Crippen molar-refractivity contribution in [2.45, 2.75) is 20.4 Å². The lowest BCUT2D eigenvalue weighted by atomic mass is 10.1. The first-order valence-corrected chi connectivity index (χ1v) is 8.40. The maximum absolute atomic E-state index is 13.0. The first-order chi connectivity index (χ1) is 10.6. The number of aromatic nitrogens is 1. The zero-order valence-corrected chi connectivity index (χ0v) is 14.1. The van der Waals surface area contributed by atoms with Gasteiger partial charge in [-0.3, -0.25) is 4.79 Å². The molecule has 2 aromatic heterocycles. The number of H-pyrrole nitrogens is 1. The zero-order valence-electron chi connectivity index (χ0n) is 12.5. The number of hydrogen-bond donors (Lipinski definition) is 1. The Morgan fingerprint density at radius 1 is 1.27 bits per heavy atom. The summed E-state index contributed by atoms with van der Waals surface area (Å²) in [6.07, 6.45) is 0. The van der Waals surface area contributed by atoms with E-state index in [0.717, 1.165) is 31.4 Å². The van der Waals surface area contributed by atoms with Gasteiger partial charge in [-0.15, -0.1) is 11.3 Å². The van der Waals surface area contributed by atoms with Gasteiger partial charge >= 0.3 is 0 Å². The molecule has 3 nitrogen and oxygen atoms in total. The molecular weight excluding hydrogens is 316 g/mol. The highest BCUT2D eigenvalue weighted by atomic mass is 35.5. The fourth-order valence-electron chi connectivity index (χ4n) is 2.66. The zero-order chi connectivity index (χ0) is 15.7. The number of thiophene rings is 1. The van der Waals surface area contributed by atoms with Crippen molar-refractivity contribution in [2.75, 3.05) is 6.54 Å². The van der Waals surface area contributed by atoms with Crippen LogP contribution in [0.25, 0.3) is 10.9 Å². The molecule has 1 N–H and O–H groups in total. The molecule has 0 radical (unpaired) electrons. The Bertz CT molecular complexity index is 821. The summed E-state index contributed by atoms with van der Waals surface area (Å²) < 4.78 is 0.752. The van der Waals surface area contributed by atoms with Crippen molar-refractivity contribution < 1.29 is 4.79 Å². The van der Waals surface area contributed by atoms with Crippen LogP contribution in [0.15, 0.2) is 36.4 Å². The van der Waals surface area contributed by atoms with E-state index in [1.807, 2.05) is 55.1 Å². The van der Waals surface area contributed by atoms with E-state index in [4.69, 9.17) is 11.6 Å². The monoisotopic (exact) mass is 332 g/mol. The van der Waals surface area contributed by atoms with Gasteiger partial charge in [-0.1, -0.05) is 29.8 Å². The SMILES string of the molecule is CCN(Cc1ccc(Cl)s1)C(=O)c1c(C)[nH]c2ccccc12. The van der Waals surface area contributed by atoms with Crippen molar-refractivity contribution >= 4 is 39.7 Å². The van der Waals surface area contributed by atoms with Crippen molar-refractivity contribution in [3.8, 4) is 0 Å². The maximum atomic E-state index is 13.0. The highest BCUT2D eigenvalue weighted by Crippen LogP contribution is 2.26. The van der Waals surface area contributed by atoms with E-state index in [2.05, 4.69) is 4.98 Å². The number of rotatable bonds is 4. The van der Waals surface area contributed by atoms with Gasteiger partial charge in [0.05, 0.1) is 16.4 Å². The fraction of sp³-hybridized carbons (Fsp3) is 0.235. The van der Waals surface area contributed by atoms with Crippen LogP contribution in [0.3, 0.4) is 0 Å². The highest BCUT2D eigenvalue weighted by molar-refractivity contribution is 7.16. The van der Waals surface area contributed by atoms with E-state index in [1.165, 1.54) is 11.3 Å². The number of fused-ring (bicyclic) bond motifs is 1. The minimum Gasteiger partial charge on any atom is -0.358 e. The lowest BCUT2D eigenvalue weighted by molar-refractivity contribution is 0.0755. The average Bonchev–Trinajstić information content (AvgIpc) is 3.06. The Morgan fingerprint density at radius 2 is 2.05 bits per heavy atom. The van der Waals surface area contributed by atoms with Crippen molar-refractivity contribution in [3.05, 3.63) is 56.9 Å². The predicted octanol–water partition coefficient (Wildman–Crippen LogP) is 4.85. The van der Waals surface area contributed by atoms with Crippen LogP contribution in [0.4, 0.5) is 0 Å². The molecule has 1 amide bonds. The molecule has 0 saturated carbocycles. The predicted molar refractivity (Wildman–Crippen MR) is 92.8 cm³/mol. The molecule has 22 heavy (non-hydrogen) atoms.